The molecular formula is C11H19N5. The van der Waals surface area contributed by atoms with Crippen LogP contribution in [-0.2, 0) is 13.6 Å². The first-order valence-electron chi connectivity index (χ1n) is 6.15. The molecule has 3 heterocycles. The largest absolute Gasteiger partial charge is 0.305 e. The normalized spacial score (nSPS) is 29.8. The zero-order chi connectivity index (χ0) is 11.0. The summed E-state index contributed by atoms with van der Waals surface area (Å²) >= 11 is 0. The van der Waals surface area contributed by atoms with Crippen molar-refractivity contribution in [2.75, 3.05) is 13.1 Å². The fourth-order valence-corrected chi connectivity index (χ4v) is 3.01. The summed E-state index contributed by atoms with van der Waals surface area (Å²) in [5, 5.41) is 7.89. The number of nitrogens with zero attached hydrogens (tertiary/aromatic N) is 4. The number of aryl methyl sites for hydroxylation is 1. The van der Waals surface area contributed by atoms with Crippen LogP contribution in [-0.4, -0.2) is 44.8 Å². The first-order chi connectivity index (χ1) is 7.83. The van der Waals surface area contributed by atoms with E-state index < -0.39 is 0 Å². The summed E-state index contributed by atoms with van der Waals surface area (Å²) in [6, 6.07) is 1.41. The molecule has 1 N–H and O–H groups in total. The summed E-state index contributed by atoms with van der Waals surface area (Å²) in [5.41, 5.74) is 0. The number of hydrogen-bond acceptors (Lipinski definition) is 4. The van der Waals surface area contributed by atoms with Crippen molar-refractivity contribution in [3.05, 3.63) is 12.2 Å². The number of aromatic nitrogens is 3. The number of nitrogens with one attached hydrogen (secondary N) is 1. The fourth-order valence-electron chi connectivity index (χ4n) is 3.01. The standard InChI is InChI=1S/C11H19N5/c1-15-8-13-11(14-15)7-12-9-4-6-16-5-2-3-10(9)16/h8-10,12H,2-7H2,1H3. The van der Waals surface area contributed by atoms with Gasteiger partial charge in [-0.1, -0.05) is 0 Å². The molecule has 0 bridgehead atoms. The molecule has 0 radical (unpaired) electrons. The third kappa shape index (κ3) is 1.85. The highest BCUT2D eigenvalue weighted by molar-refractivity contribution is 4.96. The minimum Gasteiger partial charge on any atom is -0.305 e. The molecule has 2 aliphatic rings. The smallest absolute Gasteiger partial charge is 0.164 e. The number of rotatable bonds is 3. The van der Waals surface area contributed by atoms with Crippen LogP contribution in [0.1, 0.15) is 25.1 Å². The van der Waals surface area contributed by atoms with Crippen molar-refractivity contribution in [2.24, 2.45) is 7.05 Å². The Kier molecular flexibility index (Phi) is 2.65. The van der Waals surface area contributed by atoms with Gasteiger partial charge >= 0.3 is 0 Å². The third-order valence-electron chi connectivity index (χ3n) is 3.78. The van der Waals surface area contributed by atoms with Crippen molar-refractivity contribution in [3.63, 3.8) is 0 Å². The van der Waals surface area contributed by atoms with E-state index in [0.29, 0.717) is 6.04 Å². The first kappa shape index (κ1) is 10.2. The van der Waals surface area contributed by atoms with Crippen LogP contribution < -0.4 is 5.32 Å². The van der Waals surface area contributed by atoms with Crippen LogP contribution in [0.4, 0.5) is 0 Å². The molecule has 0 amide bonds. The van der Waals surface area contributed by atoms with E-state index in [0.717, 1.165) is 18.4 Å². The minimum absolute atomic E-state index is 0.645. The lowest BCUT2D eigenvalue weighted by Crippen LogP contribution is -2.38. The van der Waals surface area contributed by atoms with E-state index in [9.17, 15) is 0 Å². The zero-order valence-electron chi connectivity index (χ0n) is 9.76. The molecule has 2 atom stereocenters. The lowest BCUT2D eigenvalue weighted by Gasteiger charge is -2.20. The maximum Gasteiger partial charge on any atom is 0.164 e. The molecule has 5 heteroatoms. The lowest BCUT2D eigenvalue weighted by molar-refractivity contribution is 0.298. The molecule has 16 heavy (non-hydrogen) atoms. The molecule has 3 rings (SSSR count). The van der Waals surface area contributed by atoms with Gasteiger partial charge in [0.15, 0.2) is 5.82 Å². The predicted octanol–water partition coefficient (Wildman–Crippen LogP) is 0.141. The van der Waals surface area contributed by atoms with Gasteiger partial charge in [0, 0.05) is 25.7 Å². The summed E-state index contributed by atoms with van der Waals surface area (Å²) in [4.78, 5) is 6.85. The highest BCUT2D eigenvalue weighted by Crippen LogP contribution is 2.27. The van der Waals surface area contributed by atoms with Crippen molar-refractivity contribution < 1.29 is 0 Å². The summed E-state index contributed by atoms with van der Waals surface area (Å²) in [5.74, 6) is 0.902. The topological polar surface area (TPSA) is 46.0 Å². The molecule has 2 saturated heterocycles. The van der Waals surface area contributed by atoms with E-state index in [4.69, 9.17) is 0 Å². The van der Waals surface area contributed by atoms with E-state index >= 15 is 0 Å². The van der Waals surface area contributed by atoms with E-state index in [-0.39, 0.29) is 0 Å². The van der Waals surface area contributed by atoms with Crippen molar-refractivity contribution in [1.82, 2.24) is 25.0 Å². The zero-order valence-corrected chi connectivity index (χ0v) is 9.76. The highest BCUT2D eigenvalue weighted by atomic mass is 15.3. The molecular weight excluding hydrogens is 202 g/mol. The Morgan fingerprint density at radius 3 is 3.19 bits per heavy atom. The molecule has 2 aliphatic heterocycles. The van der Waals surface area contributed by atoms with Crippen molar-refractivity contribution in [2.45, 2.75) is 37.9 Å². The summed E-state index contributed by atoms with van der Waals surface area (Å²) in [7, 11) is 1.91. The maximum atomic E-state index is 4.29. The van der Waals surface area contributed by atoms with E-state index in [1.807, 2.05) is 7.05 Å². The average molecular weight is 221 g/mol. The molecule has 1 aromatic heterocycles. The Balaban J connectivity index is 1.55. The van der Waals surface area contributed by atoms with Crippen molar-refractivity contribution >= 4 is 0 Å². The van der Waals surface area contributed by atoms with Gasteiger partial charge in [0.25, 0.3) is 0 Å². The second kappa shape index (κ2) is 4.14. The van der Waals surface area contributed by atoms with Gasteiger partial charge in [0.1, 0.15) is 6.33 Å². The van der Waals surface area contributed by atoms with Gasteiger partial charge in [-0.05, 0) is 25.8 Å². The molecule has 88 valence electrons. The minimum atomic E-state index is 0.645. The predicted molar refractivity (Wildman–Crippen MR) is 60.8 cm³/mol. The number of fused-ring (bicyclic) bond motifs is 1. The first-order valence-corrected chi connectivity index (χ1v) is 6.15. The van der Waals surface area contributed by atoms with Crippen molar-refractivity contribution in [3.8, 4) is 0 Å². The molecule has 0 aromatic carbocycles. The lowest BCUT2D eigenvalue weighted by atomic mass is 10.1. The van der Waals surface area contributed by atoms with Gasteiger partial charge < -0.3 is 5.32 Å². The summed E-state index contributed by atoms with van der Waals surface area (Å²) in [6.45, 7) is 3.36. The summed E-state index contributed by atoms with van der Waals surface area (Å²) in [6.07, 6.45) is 5.75. The Labute approximate surface area is 95.8 Å². The summed E-state index contributed by atoms with van der Waals surface area (Å²) < 4.78 is 1.76. The van der Waals surface area contributed by atoms with Crippen molar-refractivity contribution in [1.29, 1.82) is 0 Å². The Hall–Kier alpha value is -0.940. The van der Waals surface area contributed by atoms with Gasteiger partial charge in [-0.2, -0.15) is 5.10 Å². The molecule has 0 aliphatic carbocycles. The van der Waals surface area contributed by atoms with Crippen LogP contribution in [0, 0.1) is 0 Å². The average Bonchev–Trinajstić information content (AvgIpc) is 2.91. The second-order valence-corrected chi connectivity index (χ2v) is 4.86. The van der Waals surface area contributed by atoms with Gasteiger partial charge in [0.2, 0.25) is 0 Å². The Morgan fingerprint density at radius 1 is 1.44 bits per heavy atom. The van der Waals surface area contributed by atoms with E-state index in [2.05, 4.69) is 20.3 Å². The van der Waals surface area contributed by atoms with Gasteiger partial charge in [-0.3, -0.25) is 9.58 Å². The van der Waals surface area contributed by atoms with Crippen LogP contribution in [0.15, 0.2) is 6.33 Å². The third-order valence-corrected chi connectivity index (χ3v) is 3.78. The molecule has 0 saturated carbocycles. The monoisotopic (exact) mass is 221 g/mol. The molecule has 2 unspecified atom stereocenters. The van der Waals surface area contributed by atoms with Crippen LogP contribution in [0.2, 0.25) is 0 Å². The highest BCUT2D eigenvalue weighted by Gasteiger charge is 2.36. The Bertz CT molecular complexity index is 361. The van der Waals surface area contributed by atoms with Crippen LogP contribution in [0.3, 0.4) is 0 Å². The molecule has 2 fully saturated rings. The van der Waals surface area contributed by atoms with Crippen LogP contribution in [0.25, 0.3) is 0 Å². The van der Waals surface area contributed by atoms with Gasteiger partial charge in [-0.15, -0.1) is 0 Å². The van der Waals surface area contributed by atoms with E-state index in [1.165, 1.54) is 32.4 Å². The Morgan fingerprint density at radius 2 is 2.38 bits per heavy atom. The quantitative estimate of drug-likeness (QED) is 0.789. The van der Waals surface area contributed by atoms with Gasteiger partial charge in [0.05, 0.1) is 6.54 Å². The van der Waals surface area contributed by atoms with Gasteiger partial charge in [-0.25, -0.2) is 4.98 Å². The van der Waals surface area contributed by atoms with E-state index in [1.54, 1.807) is 11.0 Å². The maximum absolute atomic E-state index is 4.29. The number of hydrogen-bond donors (Lipinski definition) is 1. The SMILES string of the molecule is Cn1cnc(CNC2CCN3CCCC23)n1. The molecule has 0 spiro atoms. The molecule has 1 aromatic rings. The second-order valence-electron chi connectivity index (χ2n) is 4.86. The van der Waals surface area contributed by atoms with Crippen LogP contribution >= 0.6 is 0 Å². The van der Waals surface area contributed by atoms with Crippen LogP contribution in [0.5, 0.6) is 0 Å². The molecule has 5 nitrogen and oxygen atoms in total. The fraction of sp³-hybridized carbons (Fsp3) is 0.818.